The van der Waals surface area contributed by atoms with E-state index in [9.17, 15) is 0 Å². The van der Waals surface area contributed by atoms with Crippen LogP contribution in [0.25, 0.3) is 0 Å². The maximum atomic E-state index is 4.68. The van der Waals surface area contributed by atoms with Crippen molar-refractivity contribution in [2.24, 2.45) is 11.1 Å². The molecule has 0 fully saturated rings. The monoisotopic (exact) mass is 233 g/mol. The SMILES string of the molecule is CO/N=C\C(C)Cc1ccc(C(C)(C)C)cc1. The number of rotatable bonds is 4. The van der Waals surface area contributed by atoms with Gasteiger partial charge in [-0.3, -0.25) is 0 Å². The summed E-state index contributed by atoms with van der Waals surface area (Å²) >= 11 is 0. The highest BCUT2D eigenvalue weighted by Crippen LogP contribution is 2.22. The molecule has 0 amide bonds. The molecule has 2 nitrogen and oxygen atoms in total. The van der Waals surface area contributed by atoms with Crippen LogP contribution in [0.5, 0.6) is 0 Å². The molecule has 94 valence electrons. The van der Waals surface area contributed by atoms with Crippen molar-refractivity contribution in [2.75, 3.05) is 7.11 Å². The van der Waals surface area contributed by atoms with Gasteiger partial charge in [-0.2, -0.15) is 0 Å². The topological polar surface area (TPSA) is 21.6 Å². The second-order valence-electron chi connectivity index (χ2n) is 5.57. The molecule has 0 bridgehead atoms. The smallest absolute Gasteiger partial charge is 0.106 e. The van der Waals surface area contributed by atoms with Crippen molar-refractivity contribution in [1.29, 1.82) is 0 Å². The van der Waals surface area contributed by atoms with Crippen LogP contribution in [0.3, 0.4) is 0 Å². The lowest BCUT2D eigenvalue weighted by Gasteiger charge is -2.19. The van der Waals surface area contributed by atoms with Crippen LogP contribution in [0.1, 0.15) is 38.8 Å². The first-order valence-electron chi connectivity index (χ1n) is 6.09. The predicted molar refractivity (Wildman–Crippen MR) is 73.5 cm³/mol. The van der Waals surface area contributed by atoms with Gasteiger partial charge in [0.15, 0.2) is 0 Å². The maximum absolute atomic E-state index is 4.68. The number of benzene rings is 1. The zero-order chi connectivity index (χ0) is 12.9. The summed E-state index contributed by atoms with van der Waals surface area (Å²) in [5, 5.41) is 3.80. The molecule has 0 N–H and O–H groups in total. The molecular weight excluding hydrogens is 210 g/mol. The molecule has 0 aliphatic heterocycles. The van der Waals surface area contributed by atoms with E-state index in [0.29, 0.717) is 5.92 Å². The van der Waals surface area contributed by atoms with E-state index in [2.05, 4.69) is 62.0 Å². The van der Waals surface area contributed by atoms with Gasteiger partial charge in [0.1, 0.15) is 7.11 Å². The Balaban J connectivity index is 2.66. The van der Waals surface area contributed by atoms with Gasteiger partial charge in [-0.1, -0.05) is 57.1 Å². The zero-order valence-corrected chi connectivity index (χ0v) is 11.5. The fourth-order valence-electron chi connectivity index (χ4n) is 1.73. The van der Waals surface area contributed by atoms with Gasteiger partial charge < -0.3 is 4.84 Å². The van der Waals surface area contributed by atoms with E-state index in [1.807, 2.05) is 6.21 Å². The molecule has 1 unspecified atom stereocenters. The predicted octanol–water partition coefficient (Wildman–Crippen LogP) is 3.79. The molecule has 0 aromatic heterocycles. The van der Waals surface area contributed by atoms with Gasteiger partial charge in [0, 0.05) is 6.21 Å². The Kier molecular flexibility index (Phi) is 4.73. The van der Waals surface area contributed by atoms with E-state index in [4.69, 9.17) is 0 Å². The summed E-state index contributed by atoms with van der Waals surface area (Å²) in [5.41, 5.74) is 2.94. The molecule has 1 atom stereocenters. The summed E-state index contributed by atoms with van der Waals surface area (Å²) in [4.78, 5) is 4.68. The minimum atomic E-state index is 0.224. The van der Waals surface area contributed by atoms with Crippen molar-refractivity contribution in [1.82, 2.24) is 0 Å². The Bertz CT molecular complexity index is 360. The summed E-state index contributed by atoms with van der Waals surface area (Å²) in [6, 6.07) is 8.85. The molecule has 0 aliphatic carbocycles. The third-order valence-corrected chi connectivity index (χ3v) is 2.80. The summed E-state index contributed by atoms with van der Waals surface area (Å²) in [7, 11) is 1.57. The highest BCUT2D eigenvalue weighted by molar-refractivity contribution is 5.60. The van der Waals surface area contributed by atoms with Gasteiger partial charge in [0.05, 0.1) is 0 Å². The Morgan fingerprint density at radius 2 is 1.82 bits per heavy atom. The van der Waals surface area contributed by atoms with Crippen LogP contribution in [0, 0.1) is 5.92 Å². The molecule has 0 heterocycles. The molecule has 0 radical (unpaired) electrons. The van der Waals surface area contributed by atoms with Gasteiger partial charge in [0.2, 0.25) is 0 Å². The van der Waals surface area contributed by atoms with Crippen LogP contribution in [0.15, 0.2) is 29.4 Å². The zero-order valence-electron chi connectivity index (χ0n) is 11.5. The van der Waals surface area contributed by atoms with Crippen LogP contribution in [0.2, 0.25) is 0 Å². The van der Waals surface area contributed by atoms with Crippen LogP contribution >= 0.6 is 0 Å². The van der Waals surface area contributed by atoms with Gasteiger partial charge >= 0.3 is 0 Å². The van der Waals surface area contributed by atoms with Crippen LogP contribution in [-0.2, 0) is 16.7 Å². The molecule has 2 heteroatoms. The Morgan fingerprint density at radius 1 is 1.24 bits per heavy atom. The van der Waals surface area contributed by atoms with Crippen molar-refractivity contribution in [2.45, 2.75) is 39.5 Å². The third-order valence-electron chi connectivity index (χ3n) is 2.80. The van der Waals surface area contributed by atoms with E-state index >= 15 is 0 Å². The Morgan fingerprint density at radius 3 is 2.29 bits per heavy atom. The van der Waals surface area contributed by atoms with E-state index < -0.39 is 0 Å². The third kappa shape index (κ3) is 4.59. The summed E-state index contributed by atoms with van der Waals surface area (Å²) in [6.45, 7) is 8.84. The fourth-order valence-corrected chi connectivity index (χ4v) is 1.73. The first-order chi connectivity index (χ1) is 7.93. The van der Waals surface area contributed by atoms with E-state index in [-0.39, 0.29) is 5.41 Å². The molecule has 0 saturated heterocycles. The van der Waals surface area contributed by atoms with Gasteiger partial charge in [-0.05, 0) is 28.9 Å². The molecular formula is C15H23NO. The lowest BCUT2D eigenvalue weighted by molar-refractivity contribution is 0.213. The van der Waals surface area contributed by atoms with Gasteiger partial charge in [-0.15, -0.1) is 0 Å². The first-order valence-corrected chi connectivity index (χ1v) is 6.09. The van der Waals surface area contributed by atoms with Crippen LogP contribution in [-0.4, -0.2) is 13.3 Å². The Labute approximate surface area is 105 Å². The minimum absolute atomic E-state index is 0.224. The molecule has 1 aromatic carbocycles. The van der Waals surface area contributed by atoms with Crippen molar-refractivity contribution in [3.63, 3.8) is 0 Å². The van der Waals surface area contributed by atoms with Crippen molar-refractivity contribution in [3.8, 4) is 0 Å². The van der Waals surface area contributed by atoms with E-state index in [1.54, 1.807) is 7.11 Å². The second-order valence-corrected chi connectivity index (χ2v) is 5.57. The highest BCUT2D eigenvalue weighted by Gasteiger charge is 2.12. The molecule has 1 rings (SSSR count). The normalized spacial score (nSPS) is 13.9. The summed E-state index contributed by atoms with van der Waals surface area (Å²) in [6.07, 6.45) is 2.84. The maximum Gasteiger partial charge on any atom is 0.106 e. The largest absolute Gasteiger partial charge is 0.399 e. The van der Waals surface area contributed by atoms with Crippen LogP contribution < -0.4 is 0 Å². The lowest BCUT2D eigenvalue weighted by atomic mass is 9.86. The molecule has 0 aliphatic rings. The van der Waals surface area contributed by atoms with Crippen molar-refractivity contribution >= 4 is 6.21 Å². The Hall–Kier alpha value is -1.31. The number of oxime groups is 1. The lowest BCUT2D eigenvalue weighted by Crippen LogP contribution is -2.11. The number of hydrogen-bond donors (Lipinski definition) is 0. The summed E-state index contributed by atoms with van der Waals surface area (Å²) < 4.78 is 0. The average Bonchev–Trinajstić information content (AvgIpc) is 2.26. The summed E-state index contributed by atoms with van der Waals surface area (Å²) in [5.74, 6) is 0.399. The molecule has 0 saturated carbocycles. The first kappa shape index (κ1) is 13.8. The minimum Gasteiger partial charge on any atom is -0.399 e. The quantitative estimate of drug-likeness (QED) is 0.572. The fraction of sp³-hybridized carbons (Fsp3) is 0.533. The van der Waals surface area contributed by atoms with E-state index in [1.165, 1.54) is 11.1 Å². The van der Waals surface area contributed by atoms with Gasteiger partial charge in [0.25, 0.3) is 0 Å². The number of hydrogen-bond acceptors (Lipinski definition) is 2. The molecule has 1 aromatic rings. The van der Waals surface area contributed by atoms with Crippen molar-refractivity contribution in [3.05, 3.63) is 35.4 Å². The second kappa shape index (κ2) is 5.85. The van der Waals surface area contributed by atoms with Crippen molar-refractivity contribution < 1.29 is 4.84 Å². The number of nitrogens with zero attached hydrogens (tertiary/aromatic N) is 1. The van der Waals surface area contributed by atoms with Crippen LogP contribution in [0.4, 0.5) is 0 Å². The standard InChI is InChI=1S/C15H23NO/c1-12(11-16-17-5)10-13-6-8-14(9-7-13)15(2,3)4/h6-9,11-12H,10H2,1-5H3/b16-11-. The highest BCUT2D eigenvalue weighted by atomic mass is 16.6. The van der Waals surface area contributed by atoms with Gasteiger partial charge in [-0.25, -0.2) is 0 Å². The molecule has 0 spiro atoms. The van der Waals surface area contributed by atoms with E-state index in [0.717, 1.165) is 6.42 Å². The average molecular weight is 233 g/mol. The molecule has 17 heavy (non-hydrogen) atoms.